The smallest absolute Gasteiger partial charge is 0.163 e. The zero-order valence-electron chi connectivity index (χ0n) is 27.8. The van der Waals surface area contributed by atoms with E-state index in [0.29, 0.717) is 25.2 Å². The highest BCUT2D eigenvalue weighted by molar-refractivity contribution is 5.84. The number of methoxy groups -OCH3 is 2. The van der Waals surface area contributed by atoms with Gasteiger partial charge in [0, 0.05) is 25.3 Å². The molecule has 3 unspecified atom stereocenters. The van der Waals surface area contributed by atoms with Crippen LogP contribution in [0.1, 0.15) is 62.6 Å². The number of hydrogen-bond acceptors (Lipinski definition) is 8. The van der Waals surface area contributed by atoms with Crippen LogP contribution in [0.5, 0.6) is 11.5 Å². The van der Waals surface area contributed by atoms with E-state index < -0.39 is 29.8 Å². The summed E-state index contributed by atoms with van der Waals surface area (Å²) in [6.45, 7) is 4.62. The minimum atomic E-state index is -0.897. The predicted molar refractivity (Wildman–Crippen MR) is 177 cm³/mol. The van der Waals surface area contributed by atoms with Crippen LogP contribution >= 0.6 is 0 Å². The molecule has 0 aromatic heterocycles. The molecule has 0 saturated heterocycles. The average Bonchev–Trinajstić information content (AvgIpc) is 3.05. The van der Waals surface area contributed by atoms with Crippen LogP contribution in [0.3, 0.4) is 0 Å². The van der Waals surface area contributed by atoms with Crippen molar-refractivity contribution < 1.29 is 37.3 Å². The summed E-state index contributed by atoms with van der Waals surface area (Å²) in [4.78, 5) is 26.2. The summed E-state index contributed by atoms with van der Waals surface area (Å²) in [6, 6.07) is 16.8. The first-order valence-electron chi connectivity index (χ1n) is 15.8. The van der Waals surface area contributed by atoms with Gasteiger partial charge in [-0.05, 0) is 83.8 Å². The zero-order valence-corrected chi connectivity index (χ0v) is 27.8. The first kappa shape index (κ1) is 37.8. The number of hydrogen-bond donors (Lipinski definition) is 2. The fourth-order valence-electron chi connectivity index (χ4n) is 5.14. The van der Waals surface area contributed by atoms with Crippen LogP contribution in [-0.2, 0) is 38.7 Å². The number of rotatable bonds is 21. The van der Waals surface area contributed by atoms with E-state index in [0.717, 1.165) is 35.1 Å². The van der Waals surface area contributed by atoms with Crippen molar-refractivity contribution in [3.8, 4) is 11.5 Å². The summed E-state index contributed by atoms with van der Waals surface area (Å²) in [5.41, 5.74) is 14.2. The third-order valence-corrected chi connectivity index (χ3v) is 8.14. The maximum atomic E-state index is 14.0. The van der Waals surface area contributed by atoms with Gasteiger partial charge in [0.15, 0.2) is 5.78 Å². The Balaban J connectivity index is 1.53. The minimum Gasteiger partial charge on any atom is -0.497 e. The van der Waals surface area contributed by atoms with Gasteiger partial charge in [-0.15, -0.1) is 0 Å². The highest BCUT2D eigenvalue weighted by Crippen LogP contribution is 2.30. The van der Waals surface area contributed by atoms with Gasteiger partial charge in [-0.2, -0.15) is 0 Å². The van der Waals surface area contributed by atoms with Gasteiger partial charge < -0.3 is 30.4 Å². The minimum absolute atomic E-state index is 0.0532. The molecule has 3 aromatic rings. The van der Waals surface area contributed by atoms with E-state index in [4.69, 9.17) is 30.4 Å². The highest BCUT2D eigenvalue weighted by atomic mass is 19.1. The lowest BCUT2D eigenvalue weighted by Gasteiger charge is -2.27. The number of carbonyl (C=O) groups excluding carboxylic acids is 2. The van der Waals surface area contributed by atoms with Crippen LogP contribution < -0.4 is 20.9 Å². The molecule has 3 atom stereocenters. The molecule has 8 nitrogen and oxygen atoms in total. The molecule has 0 fully saturated rings. The van der Waals surface area contributed by atoms with Crippen molar-refractivity contribution in [2.75, 3.05) is 20.8 Å². The van der Waals surface area contributed by atoms with Gasteiger partial charge in [0.1, 0.15) is 35.0 Å². The summed E-state index contributed by atoms with van der Waals surface area (Å²) in [6.07, 6.45) is 0.741. The summed E-state index contributed by atoms with van der Waals surface area (Å²) in [5, 5.41) is 0. The number of ketones is 2. The van der Waals surface area contributed by atoms with Gasteiger partial charge in [0.25, 0.3) is 0 Å². The molecule has 47 heavy (non-hydrogen) atoms. The quantitative estimate of drug-likeness (QED) is 0.141. The molecule has 0 radical (unpaired) electrons. The molecule has 3 rings (SSSR count). The zero-order chi connectivity index (χ0) is 34.4. The van der Waals surface area contributed by atoms with E-state index >= 15 is 0 Å². The molecule has 0 saturated carbocycles. The largest absolute Gasteiger partial charge is 0.497 e. The Bertz CT molecular complexity index is 1420. The van der Waals surface area contributed by atoms with E-state index in [-0.39, 0.29) is 61.4 Å². The third kappa shape index (κ3) is 13.1. The van der Waals surface area contributed by atoms with Crippen LogP contribution in [0, 0.1) is 17.0 Å². The SMILES string of the molecule is COc1ccc(COCC(N)C(OCc2ccc(OC)cc2)C(=O)CCC(C)(C)CCC(=O)CC(N)Cc2cc(F)ccc2F)cc1. The fourth-order valence-corrected chi connectivity index (χ4v) is 5.14. The second kappa shape index (κ2) is 18.6. The van der Waals surface area contributed by atoms with Gasteiger partial charge in [-0.25, -0.2) is 8.78 Å². The monoisotopic (exact) mass is 654 g/mol. The van der Waals surface area contributed by atoms with Crippen molar-refractivity contribution in [3.05, 3.63) is 95.1 Å². The van der Waals surface area contributed by atoms with E-state index in [1.165, 1.54) is 0 Å². The van der Waals surface area contributed by atoms with Crippen molar-refractivity contribution >= 4 is 11.6 Å². The van der Waals surface area contributed by atoms with Crippen molar-refractivity contribution in [3.63, 3.8) is 0 Å². The molecule has 0 aliphatic heterocycles. The Labute approximate surface area is 276 Å². The molecule has 3 aromatic carbocycles. The number of carbonyl (C=O) groups is 2. The Morgan fingerprint density at radius 2 is 1.38 bits per heavy atom. The maximum Gasteiger partial charge on any atom is 0.163 e. The lowest BCUT2D eigenvalue weighted by atomic mass is 9.81. The third-order valence-electron chi connectivity index (χ3n) is 8.14. The van der Waals surface area contributed by atoms with E-state index in [1.807, 2.05) is 62.4 Å². The van der Waals surface area contributed by atoms with Crippen molar-refractivity contribution in [2.45, 2.75) is 83.8 Å². The molecule has 0 aliphatic rings. The average molecular weight is 655 g/mol. The van der Waals surface area contributed by atoms with Crippen LogP contribution in [0.25, 0.3) is 0 Å². The van der Waals surface area contributed by atoms with Gasteiger partial charge in [-0.1, -0.05) is 38.1 Å². The standard InChI is InChI=1S/C37H48F2N2O6/c1-37(2,17-15-30(42)21-29(40)20-27-19-28(38)9-14-33(27)39)18-16-35(43)36(47-23-26-7-12-32(45-4)13-8-26)34(41)24-46-22-25-5-10-31(44-3)11-6-25/h5-14,19,29,34,36H,15-18,20-24,40-41H2,1-4H3. The molecule has 0 bridgehead atoms. The molecule has 0 amide bonds. The number of halogens is 2. The summed E-state index contributed by atoms with van der Waals surface area (Å²) in [7, 11) is 3.20. The van der Waals surface area contributed by atoms with Crippen LogP contribution in [0.15, 0.2) is 66.7 Å². The Morgan fingerprint density at radius 3 is 1.98 bits per heavy atom. The second-order valence-electron chi connectivity index (χ2n) is 12.7. The van der Waals surface area contributed by atoms with Crippen LogP contribution in [0.4, 0.5) is 8.78 Å². The number of benzene rings is 3. The Hall–Kier alpha value is -3.70. The van der Waals surface area contributed by atoms with E-state index in [9.17, 15) is 18.4 Å². The van der Waals surface area contributed by atoms with Crippen molar-refractivity contribution in [1.82, 2.24) is 0 Å². The van der Waals surface area contributed by atoms with Gasteiger partial charge in [-0.3, -0.25) is 9.59 Å². The Morgan fingerprint density at radius 1 is 0.809 bits per heavy atom. The molecular formula is C37H48F2N2O6. The first-order chi connectivity index (χ1) is 22.4. The maximum absolute atomic E-state index is 14.0. The van der Waals surface area contributed by atoms with E-state index in [1.54, 1.807) is 14.2 Å². The van der Waals surface area contributed by atoms with Crippen LogP contribution in [-0.4, -0.2) is 50.6 Å². The lowest BCUT2D eigenvalue weighted by Crippen LogP contribution is -2.45. The molecule has 0 aliphatic carbocycles. The normalized spacial score (nSPS) is 13.5. The number of Topliss-reactive ketones (excluding diaryl/α,β-unsaturated/α-hetero) is 2. The molecule has 256 valence electrons. The van der Waals surface area contributed by atoms with Gasteiger partial charge in [0.05, 0.1) is 40.1 Å². The topological polar surface area (TPSA) is 123 Å². The molecule has 4 N–H and O–H groups in total. The van der Waals surface area contributed by atoms with Crippen molar-refractivity contribution in [1.29, 1.82) is 0 Å². The summed E-state index contributed by atoms with van der Waals surface area (Å²) >= 11 is 0. The number of ether oxygens (including phenoxy) is 4. The van der Waals surface area contributed by atoms with Gasteiger partial charge in [0.2, 0.25) is 0 Å². The summed E-state index contributed by atoms with van der Waals surface area (Å²) < 4.78 is 49.9. The second-order valence-corrected chi connectivity index (χ2v) is 12.7. The highest BCUT2D eigenvalue weighted by Gasteiger charge is 2.29. The predicted octanol–water partition coefficient (Wildman–Crippen LogP) is 6.10. The molecule has 10 heteroatoms. The molecule has 0 spiro atoms. The van der Waals surface area contributed by atoms with Crippen molar-refractivity contribution in [2.24, 2.45) is 16.9 Å². The van der Waals surface area contributed by atoms with E-state index in [2.05, 4.69) is 0 Å². The number of nitrogens with two attached hydrogens (primary N) is 2. The first-order valence-corrected chi connectivity index (χ1v) is 15.8. The molecular weight excluding hydrogens is 606 g/mol. The van der Waals surface area contributed by atoms with Gasteiger partial charge >= 0.3 is 0 Å². The van der Waals surface area contributed by atoms with Crippen LogP contribution in [0.2, 0.25) is 0 Å². The summed E-state index contributed by atoms with van der Waals surface area (Å²) in [5.74, 6) is 0.161. The Kier molecular flexibility index (Phi) is 14.9. The fraction of sp³-hybridized carbons (Fsp3) is 0.459. The molecule has 0 heterocycles. The lowest BCUT2D eigenvalue weighted by molar-refractivity contribution is -0.134.